The molecule has 3 rings (SSSR count). The van der Waals surface area contributed by atoms with Gasteiger partial charge in [0.2, 0.25) is 0 Å². The summed E-state index contributed by atoms with van der Waals surface area (Å²) in [5.41, 5.74) is 2.90. The molecule has 2 aromatic carbocycles. The summed E-state index contributed by atoms with van der Waals surface area (Å²) in [4.78, 5) is 28.7. The van der Waals surface area contributed by atoms with Crippen molar-refractivity contribution in [1.29, 1.82) is 0 Å². The molecule has 3 aromatic rings. The standard InChI is InChI=1S/C22H19FN2O3S/c1-15-4-10-18(11-5-15)25-20(26)13-28-22(27)19-3-2-12-24-21(19)29-14-16-6-8-17(23)9-7-16/h2-12H,13-14H2,1H3,(H,25,26). The Labute approximate surface area is 172 Å². The molecule has 0 bridgehead atoms. The SMILES string of the molecule is Cc1ccc(NC(=O)COC(=O)c2cccnc2SCc2ccc(F)cc2)cc1. The summed E-state index contributed by atoms with van der Waals surface area (Å²) in [5.74, 6) is -0.832. The number of amides is 1. The monoisotopic (exact) mass is 410 g/mol. The molecule has 0 spiro atoms. The second kappa shape index (κ2) is 9.84. The van der Waals surface area contributed by atoms with E-state index in [1.54, 1.807) is 42.6 Å². The van der Waals surface area contributed by atoms with Gasteiger partial charge in [-0.25, -0.2) is 14.2 Å². The van der Waals surface area contributed by atoms with Crippen LogP contribution in [0.1, 0.15) is 21.5 Å². The van der Waals surface area contributed by atoms with Crippen molar-refractivity contribution < 1.29 is 18.7 Å². The van der Waals surface area contributed by atoms with E-state index >= 15 is 0 Å². The number of benzene rings is 2. The lowest BCUT2D eigenvalue weighted by atomic mass is 10.2. The van der Waals surface area contributed by atoms with Crippen molar-refractivity contribution in [2.24, 2.45) is 0 Å². The van der Waals surface area contributed by atoms with Gasteiger partial charge < -0.3 is 10.1 Å². The molecule has 0 radical (unpaired) electrons. The number of ether oxygens (including phenoxy) is 1. The minimum absolute atomic E-state index is 0.280. The zero-order valence-electron chi connectivity index (χ0n) is 15.7. The second-order valence-electron chi connectivity index (χ2n) is 6.26. The number of carbonyl (C=O) groups is 2. The fourth-order valence-corrected chi connectivity index (χ4v) is 3.37. The maximum atomic E-state index is 13.0. The number of pyridine rings is 1. The second-order valence-corrected chi connectivity index (χ2v) is 7.23. The van der Waals surface area contributed by atoms with Gasteiger partial charge in [-0.2, -0.15) is 0 Å². The average molecular weight is 410 g/mol. The van der Waals surface area contributed by atoms with Gasteiger partial charge in [0, 0.05) is 17.6 Å². The van der Waals surface area contributed by atoms with Crippen LogP contribution in [0.25, 0.3) is 0 Å². The molecule has 0 saturated heterocycles. The molecule has 5 nitrogen and oxygen atoms in total. The minimum atomic E-state index is -0.626. The third-order valence-electron chi connectivity index (χ3n) is 3.95. The van der Waals surface area contributed by atoms with E-state index in [1.165, 1.54) is 23.9 Å². The number of halogens is 1. The van der Waals surface area contributed by atoms with Gasteiger partial charge in [0.15, 0.2) is 6.61 Å². The maximum Gasteiger partial charge on any atom is 0.341 e. The van der Waals surface area contributed by atoms with Crippen LogP contribution in [-0.2, 0) is 15.3 Å². The summed E-state index contributed by atoms with van der Waals surface area (Å²) < 4.78 is 18.2. The van der Waals surface area contributed by atoms with Crippen molar-refractivity contribution in [1.82, 2.24) is 4.98 Å². The van der Waals surface area contributed by atoms with Gasteiger partial charge in [-0.3, -0.25) is 4.79 Å². The Kier molecular flexibility index (Phi) is 6.97. The molecule has 0 atom stereocenters. The van der Waals surface area contributed by atoms with Crippen molar-refractivity contribution in [3.05, 3.63) is 89.4 Å². The molecule has 1 N–H and O–H groups in total. The molecule has 0 fully saturated rings. The van der Waals surface area contributed by atoms with Crippen LogP contribution in [0.3, 0.4) is 0 Å². The van der Waals surface area contributed by atoms with Crippen LogP contribution < -0.4 is 5.32 Å². The van der Waals surface area contributed by atoms with Gasteiger partial charge in [0.25, 0.3) is 5.91 Å². The van der Waals surface area contributed by atoms with E-state index in [0.717, 1.165) is 11.1 Å². The molecular weight excluding hydrogens is 391 g/mol. The fourth-order valence-electron chi connectivity index (χ4n) is 2.44. The number of nitrogens with one attached hydrogen (secondary N) is 1. The number of thioether (sulfide) groups is 1. The predicted molar refractivity (Wildman–Crippen MR) is 110 cm³/mol. The molecule has 29 heavy (non-hydrogen) atoms. The van der Waals surface area contributed by atoms with Crippen LogP contribution >= 0.6 is 11.8 Å². The van der Waals surface area contributed by atoms with Crippen LogP contribution in [0.2, 0.25) is 0 Å². The maximum absolute atomic E-state index is 13.0. The first kappa shape index (κ1) is 20.5. The van der Waals surface area contributed by atoms with Gasteiger partial charge in [0.05, 0.1) is 5.56 Å². The molecule has 0 aliphatic rings. The number of esters is 1. The molecule has 1 amide bonds. The summed E-state index contributed by atoms with van der Waals surface area (Å²) in [6, 6.07) is 16.7. The Hall–Kier alpha value is -3.19. The Bertz CT molecular complexity index is 992. The number of anilines is 1. The lowest BCUT2D eigenvalue weighted by molar-refractivity contribution is -0.119. The van der Waals surface area contributed by atoms with Crippen LogP contribution in [0.4, 0.5) is 10.1 Å². The van der Waals surface area contributed by atoms with Crippen LogP contribution in [0.5, 0.6) is 0 Å². The van der Waals surface area contributed by atoms with E-state index in [0.29, 0.717) is 16.5 Å². The topological polar surface area (TPSA) is 68.3 Å². The Balaban J connectivity index is 1.56. The summed E-state index contributed by atoms with van der Waals surface area (Å²) >= 11 is 1.34. The fraction of sp³-hybridized carbons (Fsp3) is 0.136. The lowest BCUT2D eigenvalue weighted by Crippen LogP contribution is -2.21. The smallest absolute Gasteiger partial charge is 0.341 e. The highest BCUT2D eigenvalue weighted by Gasteiger charge is 2.16. The van der Waals surface area contributed by atoms with E-state index in [4.69, 9.17) is 4.74 Å². The van der Waals surface area contributed by atoms with E-state index in [9.17, 15) is 14.0 Å². The first-order chi connectivity index (χ1) is 14.0. The zero-order valence-corrected chi connectivity index (χ0v) is 16.5. The van der Waals surface area contributed by atoms with Crippen molar-refractivity contribution in [3.8, 4) is 0 Å². The number of nitrogens with zero attached hydrogens (tertiary/aromatic N) is 1. The van der Waals surface area contributed by atoms with Crippen molar-refractivity contribution in [3.63, 3.8) is 0 Å². The highest BCUT2D eigenvalue weighted by Crippen LogP contribution is 2.25. The Morgan fingerprint density at radius 3 is 2.52 bits per heavy atom. The normalized spacial score (nSPS) is 10.4. The molecule has 1 heterocycles. The number of hydrogen-bond acceptors (Lipinski definition) is 5. The molecule has 0 saturated carbocycles. The van der Waals surface area contributed by atoms with Gasteiger partial charge in [-0.1, -0.05) is 29.8 Å². The number of rotatable bonds is 7. The van der Waals surface area contributed by atoms with Gasteiger partial charge in [0.1, 0.15) is 10.8 Å². The Morgan fingerprint density at radius 1 is 1.07 bits per heavy atom. The summed E-state index contributed by atoms with van der Waals surface area (Å²) in [6.07, 6.45) is 1.58. The quantitative estimate of drug-likeness (QED) is 0.455. The average Bonchev–Trinajstić information content (AvgIpc) is 2.73. The van der Waals surface area contributed by atoms with Gasteiger partial charge >= 0.3 is 5.97 Å². The van der Waals surface area contributed by atoms with E-state index in [-0.39, 0.29) is 11.4 Å². The summed E-state index contributed by atoms with van der Waals surface area (Å²) in [7, 11) is 0. The largest absolute Gasteiger partial charge is 0.452 e. The number of aryl methyl sites for hydroxylation is 1. The summed E-state index contributed by atoms with van der Waals surface area (Å²) in [5, 5.41) is 3.16. The highest BCUT2D eigenvalue weighted by atomic mass is 32.2. The van der Waals surface area contributed by atoms with E-state index in [1.807, 2.05) is 19.1 Å². The third kappa shape index (κ3) is 6.15. The van der Waals surface area contributed by atoms with Crippen LogP contribution in [0.15, 0.2) is 71.9 Å². The molecule has 0 unspecified atom stereocenters. The first-order valence-corrected chi connectivity index (χ1v) is 9.86. The number of aromatic nitrogens is 1. The van der Waals surface area contributed by atoms with Crippen molar-refractivity contribution in [2.45, 2.75) is 17.7 Å². The van der Waals surface area contributed by atoms with Gasteiger partial charge in [-0.05, 0) is 48.9 Å². The van der Waals surface area contributed by atoms with E-state index < -0.39 is 18.5 Å². The zero-order chi connectivity index (χ0) is 20.6. The van der Waals surface area contributed by atoms with Crippen molar-refractivity contribution >= 4 is 29.3 Å². The molecule has 7 heteroatoms. The van der Waals surface area contributed by atoms with Crippen LogP contribution in [0, 0.1) is 12.7 Å². The van der Waals surface area contributed by atoms with Gasteiger partial charge in [-0.15, -0.1) is 11.8 Å². The number of hydrogen-bond donors (Lipinski definition) is 1. The molecule has 148 valence electrons. The van der Waals surface area contributed by atoms with Crippen LogP contribution in [-0.4, -0.2) is 23.5 Å². The lowest BCUT2D eigenvalue weighted by Gasteiger charge is -2.09. The Morgan fingerprint density at radius 2 is 1.79 bits per heavy atom. The minimum Gasteiger partial charge on any atom is -0.452 e. The summed E-state index contributed by atoms with van der Waals surface area (Å²) in [6.45, 7) is 1.55. The van der Waals surface area contributed by atoms with Crippen molar-refractivity contribution in [2.75, 3.05) is 11.9 Å². The predicted octanol–water partition coefficient (Wildman–Crippen LogP) is 4.62. The first-order valence-electron chi connectivity index (χ1n) is 8.87. The molecular formula is C22H19FN2O3S. The third-order valence-corrected chi connectivity index (χ3v) is 5.03. The number of carbonyl (C=O) groups excluding carboxylic acids is 2. The molecule has 0 aliphatic carbocycles. The van der Waals surface area contributed by atoms with E-state index in [2.05, 4.69) is 10.3 Å². The molecule has 0 aliphatic heterocycles. The molecule has 1 aromatic heterocycles. The highest BCUT2D eigenvalue weighted by molar-refractivity contribution is 7.98.